The van der Waals surface area contributed by atoms with Crippen LogP contribution in [0.5, 0.6) is 0 Å². The van der Waals surface area contributed by atoms with Crippen LogP contribution in [0.4, 0.5) is 24.7 Å². The van der Waals surface area contributed by atoms with Crippen molar-refractivity contribution in [1.29, 1.82) is 0 Å². The van der Waals surface area contributed by atoms with Gasteiger partial charge in [0.05, 0.1) is 10.6 Å². The van der Waals surface area contributed by atoms with E-state index in [1.807, 2.05) is 0 Å². The third-order valence-electron chi connectivity index (χ3n) is 3.45. The molecule has 1 aromatic heterocycles. The van der Waals surface area contributed by atoms with E-state index in [4.69, 9.17) is 11.6 Å². The Labute approximate surface area is 154 Å². The summed E-state index contributed by atoms with van der Waals surface area (Å²) >= 11 is 5.55. The smallest absolute Gasteiger partial charge is 0.369 e. The Morgan fingerprint density at radius 2 is 1.92 bits per heavy atom. The number of amides is 1. The Morgan fingerprint density at radius 3 is 2.50 bits per heavy atom. The van der Waals surface area contributed by atoms with Gasteiger partial charge in [-0.15, -0.1) is 10.2 Å². The Hall–Kier alpha value is -2.35. The van der Waals surface area contributed by atoms with E-state index >= 15 is 0 Å². The van der Waals surface area contributed by atoms with Gasteiger partial charge in [0, 0.05) is 12.2 Å². The first-order chi connectivity index (χ1) is 12.2. The number of alkyl halides is 3. The van der Waals surface area contributed by atoms with Crippen LogP contribution in [0.3, 0.4) is 0 Å². The predicted octanol–water partition coefficient (Wildman–Crippen LogP) is 4.86. The second kappa shape index (κ2) is 8.35. The second-order valence-corrected chi connectivity index (χ2v) is 6.47. The van der Waals surface area contributed by atoms with E-state index in [1.54, 1.807) is 6.07 Å². The van der Waals surface area contributed by atoms with Gasteiger partial charge in [-0.1, -0.05) is 25.4 Å². The molecular formula is C17H18ClF3N4O. The normalized spacial score (nSPS) is 11.5. The van der Waals surface area contributed by atoms with Crippen molar-refractivity contribution < 1.29 is 18.0 Å². The highest BCUT2D eigenvalue weighted by Crippen LogP contribution is 2.36. The second-order valence-electron chi connectivity index (χ2n) is 6.06. The van der Waals surface area contributed by atoms with Crippen LogP contribution in [0.2, 0.25) is 5.02 Å². The highest BCUT2D eigenvalue weighted by atomic mass is 35.5. The van der Waals surface area contributed by atoms with E-state index in [9.17, 15) is 18.0 Å². The molecule has 140 valence electrons. The molecule has 0 aliphatic rings. The van der Waals surface area contributed by atoms with Crippen molar-refractivity contribution in [2.75, 3.05) is 17.2 Å². The van der Waals surface area contributed by atoms with E-state index in [0.29, 0.717) is 11.7 Å². The molecule has 2 N–H and O–H groups in total. The molecule has 2 rings (SSSR count). The number of halogens is 4. The molecule has 0 atom stereocenters. The summed E-state index contributed by atoms with van der Waals surface area (Å²) in [6.07, 6.45) is -3.65. The molecule has 0 saturated carbocycles. The monoisotopic (exact) mass is 386 g/mol. The number of nitrogens with zero attached hydrogens (tertiary/aromatic N) is 2. The zero-order valence-electron chi connectivity index (χ0n) is 14.2. The van der Waals surface area contributed by atoms with Gasteiger partial charge in [-0.05, 0) is 42.7 Å². The maximum atomic E-state index is 12.9. The standard InChI is InChI=1S/C17H18ClF3N4O/c1-10(2)7-8-22-15-6-5-14(24-25-15)16(26)23-11-3-4-13(18)12(9-11)17(19,20)21/h3-6,9-10H,7-8H2,1-2H3,(H,22,25)(H,23,26). The summed E-state index contributed by atoms with van der Waals surface area (Å²) in [5, 5.41) is 12.7. The molecule has 5 nitrogen and oxygen atoms in total. The van der Waals surface area contributed by atoms with Gasteiger partial charge in [-0.2, -0.15) is 13.2 Å². The molecule has 1 aromatic carbocycles. The summed E-state index contributed by atoms with van der Waals surface area (Å²) < 4.78 is 38.6. The molecule has 0 unspecified atom stereocenters. The van der Waals surface area contributed by atoms with E-state index in [-0.39, 0.29) is 11.4 Å². The fourth-order valence-corrected chi connectivity index (χ4v) is 2.28. The van der Waals surface area contributed by atoms with Crippen LogP contribution >= 0.6 is 11.6 Å². The van der Waals surface area contributed by atoms with Gasteiger partial charge in [0.25, 0.3) is 5.91 Å². The van der Waals surface area contributed by atoms with Crippen LogP contribution in [-0.2, 0) is 6.18 Å². The lowest BCUT2D eigenvalue weighted by molar-refractivity contribution is -0.137. The summed E-state index contributed by atoms with van der Waals surface area (Å²) in [7, 11) is 0. The Bertz CT molecular complexity index is 764. The molecule has 9 heteroatoms. The van der Waals surface area contributed by atoms with Gasteiger partial charge in [0.15, 0.2) is 5.69 Å². The molecule has 0 spiro atoms. The Kier molecular flexibility index (Phi) is 6.42. The maximum Gasteiger partial charge on any atom is 0.417 e. The van der Waals surface area contributed by atoms with Crippen molar-refractivity contribution in [3.05, 3.63) is 46.6 Å². The Morgan fingerprint density at radius 1 is 1.19 bits per heavy atom. The lowest BCUT2D eigenvalue weighted by Crippen LogP contribution is -2.16. The first kappa shape index (κ1) is 20.0. The molecule has 0 aliphatic carbocycles. The number of nitrogens with one attached hydrogen (secondary N) is 2. The van der Waals surface area contributed by atoms with Gasteiger partial charge in [0.2, 0.25) is 0 Å². The molecule has 0 radical (unpaired) electrons. The minimum atomic E-state index is -4.61. The summed E-state index contributed by atoms with van der Waals surface area (Å²) in [5.41, 5.74) is -1.07. The molecule has 26 heavy (non-hydrogen) atoms. The third-order valence-corrected chi connectivity index (χ3v) is 3.78. The number of rotatable bonds is 6. The molecule has 1 amide bonds. The van der Waals surface area contributed by atoms with Crippen LogP contribution < -0.4 is 10.6 Å². The maximum absolute atomic E-state index is 12.9. The quantitative estimate of drug-likeness (QED) is 0.744. The lowest BCUT2D eigenvalue weighted by Gasteiger charge is -2.11. The number of hydrogen-bond acceptors (Lipinski definition) is 4. The van der Waals surface area contributed by atoms with Gasteiger partial charge in [0.1, 0.15) is 5.82 Å². The van der Waals surface area contributed by atoms with Crippen molar-refractivity contribution >= 4 is 29.0 Å². The molecule has 0 fully saturated rings. The molecule has 0 aliphatic heterocycles. The van der Waals surface area contributed by atoms with E-state index in [2.05, 4.69) is 34.7 Å². The lowest BCUT2D eigenvalue weighted by atomic mass is 10.1. The van der Waals surface area contributed by atoms with E-state index < -0.39 is 22.7 Å². The van der Waals surface area contributed by atoms with Gasteiger partial charge in [-0.3, -0.25) is 4.79 Å². The molecule has 1 heterocycles. The summed E-state index contributed by atoms with van der Waals surface area (Å²) in [5.74, 6) is 0.399. The fourth-order valence-electron chi connectivity index (χ4n) is 2.05. The fraction of sp³-hybridized carbons (Fsp3) is 0.353. The number of benzene rings is 1. The highest BCUT2D eigenvalue weighted by Gasteiger charge is 2.33. The van der Waals surface area contributed by atoms with Gasteiger partial charge < -0.3 is 10.6 Å². The largest absolute Gasteiger partial charge is 0.417 e. The number of hydrogen-bond donors (Lipinski definition) is 2. The third kappa shape index (κ3) is 5.59. The van der Waals surface area contributed by atoms with E-state index in [1.165, 1.54) is 12.1 Å². The van der Waals surface area contributed by atoms with Crippen molar-refractivity contribution in [1.82, 2.24) is 10.2 Å². The zero-order chi connectivity index (χ0) is 19.3. The van der Waals surface area contributed by atoms with Crippen LogP contribution in [0.25, 0.3) is 0 Å². The van der Waals surface area contributed by atoms with Crippen LogP contribution in [-0.4, -0.2) is 22.6 Å². The zero-order valence-corrected chi connectivity index (χ0v) is 14.9. The van der Waals surface area contributed by atoms with Crippen LogP contribution in [0.15, 0.2) is 30.3 Å². The topological polar surface area (TPSA) is 66.9 Å². The average Bonchev–Trinajstić information content (AvgIpc) is 2.56. The van der Waals surface area contributed by atoms with E-state index in [0.717, 1.165) is 25.1 Å². The van der Waals surface area contributed by atoms with Crippen LogP contribution in [0, 0.1) is 5.92 Å². The van der Waals surface area contributed by atoms with Gasteiger partial charge >= 0.3 is 6.18 Å². The first-order valence-corrected chi connectivity index (χ1v) is 8.30. The number of carbonyl (C=O) groups excluding carboxylic acids is 1. The number of aromatic nitrogens is 2. The summed E-state index contributed by atoms with van der Waals surface area (Å²) in [6, 6.07) is 6.17. The summed E-state index contributed by atoms with van der Waals surface area (Å²) in [6.45, 7) is 4.92. The predicted molar refractivity (Wildman–Crippen MR) is 94.4 cm³/mol. The average molecular weight is 387 g/mol. The van der Waals surface area contributed by atoms with Crippen molar-refractivity contribution in [2.24, 2.45) is 5.92 Å². The number of anilines is 2. The molecule has 0 saturated heterocycles. The molecule has 2 aromatic rings. The molecular weight excluding hydrogens is 369 g/mol. The first-order valence-electron chi connectivity index (χ1n) is 7.92. The number of carbonyl (C=O) groups is 1. The van der Waals surface area contributed by atoms with Crippen molar-refractivity contribution in [2.45, 2.75) is 26.4 Å². The van der Waals surface area contributed by atoms with Crippen molar-refractivity contribution in [3.63, 3.8) is 0 Å². The van der Waals surface area contributed by atoms with Crippen LogP contribution in [0.1, 0.15) is 36.3 Å². The summed E-state index contributed by atoms with van der Waals surface area (Å²) in [4.78, 5) is 12.1. The minimum Gasteiger partial charge on any atom is -0.369 e. The highest BCUT2D eigenvalue weighted by molar-refractivity contribution is 6.31. The minimum absolute atomic E-state index is 0.0112. The Balaban J connectivity index is 2.04. The van der Waals surface area contributed by atoms with Gasteiger partial charge in [-0.25, -0.2) is 0 Å². The molecule has 0 bridgehead atoms. The SMILES string of the molecule is CC(C)CCNc1ccc(C(=O)Nc2ccc(Cl)c(C(F)(F)F)c2)nn1. The van der Waals surface area contributed by atoms with Crippen molar-refractivity contribution in [3.8, 4) is 0 Å².